The molecule has 0 aliphatic rings. The molecule has 0 radical (unpaired) electrons. The molecule has 4 nitrogen and oxygen atoms in total. The molecule has 0 fully saturated rings. The Hall–Kier alpha value is -2.02. The van der Waals surface area contributed by atoms with Gasteiger partial charge in [0.2, 0.25) is 0 Å². The molecule has 2 aromatic heterocycles. The largest absolute Gasteiger partial charge is 0.383 e. The molecule has 88 valence electrons. The summed E-state index contributed by atoms with van der Waals surface area (Å²) >= 11 is 0. The fourth-order valence-electron chi connectivity index (χ4n) is 1.89. The van der Waals surface area contributed by atoms with E-state index in [1.807, 2.05) is 17.7 Å². The molecule has 4 heteroatoms. The van der Waals surface area contributed by atoms with Crippen LogP contribution in [0, 0.1) is 19.3 Å². The van der Waals surface area contributed by atoms with E-state index in [1.54, 1.807) is 0 Å². The number of terminal acetylenes is 1. The first-order valence-corrected chi connectivity index (χ1v) is 5.47. The highest BCUT2D eigenvalue weighted by atomic mass is 15.1. The minimum atomic E-state index is -0.0966. The van der Waals surface area contributed by atoms with Gasteiger partial charge in [0.25, 0.3) is 0 Å². The van der Waals surface area contributed by atoms with E-state index < -0.39 is 0 Å². The van der Waals surface area contributed by atoms with Gasteiger partial charge in [-0.25, -0.2) is 9.97 Å². The van der Waals surface area contributed by atoms with Gasteiger partial charge in [0, 0.05) is 11.7 Å². The summed E-state index contributed by atoms with van der Waals surface area (Å²) in [5, 5.41) is 0.771. The van der Waals surface area contributed by atoms with Crippen molar-refractivity contribution in [3.05, 3.63) is 17.6 Å². The summed E-state index contributed by atoms with van der Waals surface area (Å²) in [7, 11) is 0. The van der Waals surface area contributed by atoms with Gasteiger partial charge in [0.15, 0.2) is 0 Å². The monoisotopic (exact) mass is 228 g/mol. The van der Waals surface area contributed by atoms with Gasteiger partial charge in [0.1, 0.15) is 17.3 Å². The van der Waals surface area contributed by atoms with Gasteiger partial charge >= 0.3 is 0 Å². The van der Waals surface area contributed by atoms with E-state index in [2.05, 4.69) is 36.7 Å². The summed E-state index contributed by atoms with van der Waals surface area (Å²) in [4.78, 5) is 8.61. The minimum absolute atomic E-state index is 0.0966. The lowest BCUT2D eigenvalue weighted by Gasteiger charge is -2.21. The topological polar surface area (TPSA) is 56.7 Å². The van der Waals surface area contributed by atoms with Crippen LogP contribution in [0.3, 0.4) is 0 Å². The molecule has 0 unspecified atom stereocenters. The molecular formula is C13H16N4. The highest BCUT2D eigenvalue weighted by Gasteiger charge is 2.20. The molecule has 17 heavy (non-hydrogen) atoms. The molecule has 0 spiro atoms. The number of nitrogens with two attached hydrogens (primary N) is 1. The van der Waals surface area contributed by atoms with Gasteiger partial charge in [-0.1, -0.05) is 5.92 Å². The van der Waals surface area contributed by atoms with Crippen molar-refractivity contribution < 1.29 is 0 Å². The highest BCUT2D eigenvalue weighted by molar-refractivity contribution is 5.92. The molecule has 0 saturated heterocycles. The zero-order valence-electron chi connectivity index (χ0n) is 10.6. The summed E-state index contributed by atoms with van der Waals surface area (Å²) < 4.78 is 2.04. The zero-order valence-corrected chi connectivity index (χ0v) is 10.6. The Balaban J connectivity index is 2.94. The van der Waals surface area contributed by atoms with Crippen LogP contribution in [0.25, 0.3) is 11.0 Å². The number of nitrogen functional groups attached to an aromatic ring is 1. The fourth-order valence-corrected chi connectivity index (χ4v) is 1.89. The van der Waals surface area contributed by atoms with E-state index in [4.69, 9.17) is 12.2 Å². The van der Waals surface area contributed by atoms with Crippen LogP contribution in [-0.2, 0) is 5.54 Å². The standard InChI is InChI=1S/C13H16N4/c1-6-9-7-17(13(3,4)5)12-10(9)11(14)15-8(2)16-12/h1,7H,2-5H3,(H2,14,15,16). The van der Waals surface area contributed by atoms with Crippen LogP contribution in [0.5, 0.6) is 0 Å². The van der Waals surface area contributed by atoms with Gasteiger partial charge in [0.05, 0.1) is 10.9 Å². The number of hydrogen-bond acceptors (Lipinski definition) is 3. The molecule has 0 amide bonds. The minimum Gasteiger partial charge on any atom is -0.383 e. The molecule has 2 heterocycles. The molecule has 2 aromatic rings. The summed E-state index contributed by atoms with van der Waals surface area (Å²) in [5.74, 6) is 3.74. The maximum Gasteiger partial charge on any atom is 0.147 e. The predicted octanol–water partition coefficient (Wildman–Crippen LogP) is 2.06. The Bertz CT molecular complexity index is 623. The van der Waals surface area contributed by atoms with E-state index >= 15 is 0 Å². The molecule has 0 aliphatic carbocycles. The van der Waals surface area contributed by atoms with Crippen molar-refractivity contribution in [1.82, 2.24) is 14.5 Å². The first kappa shape index (κ1) is 11.5. The number of aryl methyl sites for hydroxylation is 1. The molecule has 2 N–H and O–H groups in total. The predicted molar refractivity (Wildman–Crippen MR) is 69.6 cm³/mol. The number of nitrogens with zero attached hydrogens (tertiary/aromatic N) is 3. The number of anilines is 1. The van der Waals surface area contributed by atoms with Crippen molar-refractivity contribution >= 4 is 16.9 Å². The number of fused-ring (bicyclic) bond motifs is 1. The normalized spacial score (nSPS) is 11.7. The van der Waals surface area contributed by atoms with E-state index in [0.29, 0.717) is 11.6 Å². The lowest BCUT2D eigenvalue weighted by Crippen LogP contribution is -2.21. The maximum absolute atomic E-state index is 5.93. The van der Waals surface area contributed by atoms with Crippen LogP contribution in [0.4, 0.5) is 5.82 Å². The molecule has 0 aromatic carbocycles. The average Bonchev–Trinajstić information content (AvgIpc) is 2.55. The Kier molecular flexibility index (Phi) is 2.35. The van der Waals surface area contributed by atoms with Crippen molar-refractivity contribution in [1.29, 1.82) is 0 Å². The van der Waals surface area contributed by atoms with E-state index in [0.717, 1.165) is 16.6 Å². The average molecular weight is 228 g/mol. The third-order valence-corrected chi connectivity index (χ3v) is 2.66. The molecule has 0 aliphatic heterocycles. The van der Waals surface area contributed by atoms with Gasteiger partial charge in [-0.15, -0.1) is 6.42 Å². The van der Waals surface area contributed by atoms with Crippen molar-refractivity contribution in [2.24, 2.45) is 0 Å². The maximum atomic E-state index is 5.93. The third kappa shape index (κ3) is 1.74. The van der Waals surface area contributed by atoms with Gasteiger partial charge < -0.3 is 10.3 Å². The molecule has 0 atom stereocenters. The molecule has 2 rings (SSSR count). The highest BCUT2D eigenvalue weighted by Crippen LogP contribution is 2.28. The van der Waals surface area contributed by atoms with Crippen molar-refractivity contribution in [2.75, 3.05) is 5.73 Å². The van der Waals surface area contributed by atoms with Crippen LogP contribution >= 0.6 is 0 Å². The van der Waals surface area contributed by atoms with Gasteiger partial charge in [-0.3, -0.25) is 0 Å². The summed E-state index contributed by atoms with van der Waals surface area (Å²) in [6.45, 7) is 8.12. The first-order chi connectivity index (χ1) is 7.84. The van der Waals surface area contributed by atoms with Crippen LogP contribution < -0.4 is 5.73 Å². The second kappa shape index (κ2) is 3.49. The number of aromatic nitrogens is 3. The second-order valence-corrected chi connectivity index (χ2v) is 5.08. The summed E-state index contributed by atoms with van der Waals surface area (Å²) in [6, 6.07) is 0. The van der Waals surface area contributed by atoms with Crippen molar-refractivity contribution in [3.8, 4) is 12.3 Å². The van der Waals surface area contributed by atoms with Gasteiger partial charge in [-0.05, 0) is 27.7 Å². The molecular weight excluding hydrogens is 212 g/mol. The Labute approximate surface area is 101 Å². The van der Waals surface area contributed by atoms with Crippen LogP contribution in [0.15, 0.2) is 6.20 Å². The Morgan fingerprint density at radius 3 is 2.53 bits per heavy atom. The smallest absolute Gasteiger partial charge is 0.147 e. The number of hydrogen-bond donors (Lipinski definition) is 1. The summed E-state index contributed by atoms with van der Waals surface area (Å²) in [6.07, 6.45) is 7.42. The SMILES string of the molecule is C#Cc1cn(C(C)(C)C)c2nc(C)nc(N)c12. The second-order valence-electron chi connectivity index (χ2n) is 5.08. The van der Waals surface area contributed by atoms with E-state index in [-0.39, 0.29) is 5.54 Å². The zero-order chi connectivity index (χ0) is 12.8. The Morgan fingerprint density at radius 2 is 2.00 bits per heavy atom. The molecule has 0 saturated carbocycles. The quantitative estimate of drug-likeness (QED) is 0.702. The van der Waals surface area contributed by atoms with Crippen molar-refractivity contribution in [2.45, 2.75) is 33.2 Å². The summed E-state index contributed by atoms with van der Waals surface area (Å²) in [5.41, 5.74) is 7.38. The first-order valence-electron chi connectivity index (χ1n) is 5.47. The van der Waals surface area contributed by atoms with Crippen LogP contribution in [-0.4, -0.2) is 14.5 Å². The molecule has 0 bridgehead atoms. The lowest BCUT2D eigenvalue weighted by atomic mass is 10.1. The van der Waals surface area contributed by atoms with Crippen LogP contribution in [0.1, 0.15) is 32.2 Å². The van der Waals surface area contributed by atoms with Crippen molar-refractivity contribution in [3.63, 3.8) is 0 Å². The van der Waals surface area contributed by atoms with Gasteiger partial charge in [-0.2, -0.15) is 0 Å². The fraction of sp³-hybridized carbons (Fsp3) is 0.385. The van der Waals surface area contributed by atoms with E-state index in [1.165, 1.54) is 0 Å². The third-order valence-electron chi connectivity index (χ3n) is 2.66. The van der Waals surface area contributed by atoms with E-state index in [9.17, 15) is 0 Å². The number of rotatable bonds is 0. The van der Waals surface area contributed by atoms with Crippen LogP contribution in [0.2, 0.25) is 0 Å². The lowest BCUT2D eigenvalue weighted by molar-refractivity contribution is 0.408. The Morgan fingerprint density at radius 1 is 1.35 bits per heavy atom.